The van der Waals surface area contributed by atoms with Crippen LogP contribution < -0.4 is 19.0 Å². The molecule has 34 heavy (non-hydrogen) atoms. The second-order valence-corrected chi connectivity index (χ2v) is 7.91. The molecule has 0 aliphatic heterocycles. The van der Waals surface area contributed by atoms with Crippen molar-refractivity contribution in [1.82, 2.24) is 4.57 Å². The minimum atomic E-state index is -0.574. The van der Waals surface area contributed by atoms with Crippen molar-refractivity contribution < 1.29 is 32.9 Å². The second-order valence-electron chi connectivity index (χ2n) is 6.91. The fourth-order valence-electron chi connectivity index (χ4n) is 3.28. The molecule has 0 unspecified atom stereocenters. The lowest BCUT2D eigenvalue weighted by atomic mass is 10.1. The van der Waals surface area contributed by atoms with Crippen LogP contribution in [0.1, 0.15) is 38.1 Å². The zero-order chi connectivity index (χ0) is 24.7. The number of aromatic nitrogens is 1. The number of rotatable bonds is 10. The van der Waals surface area contributed by atoms with Crippen LogP contribution in [0.15, 0.2) is 35.3 Å². The molecule has 0 aliphatic carbocycles. The van der Waals surface area contributed by atoms with Crippen molar-refractivity contribution in [3.63, 3.8) is 0 Å². The van der Waals surface area contributed by atoms with E-state index < -0.39 is 17.7 Å². The number of carbonyl (C=O) groups is 2. The highest BCUT2D eigenvalue weighted by molar-refractivity contribution is 7.16. The summed E-state index contributed by atoms with van der Waals surface area (Å²) in [5.74, 6) is -0.340. The van der Waals surface area contributed by atoms with E-state index >= 15 is 0 Å². The van der Waals surface area contributed by atoms with Crippen LogP contribution in [0.25, 0.3) is 10.2 Å². The maximum atomic E-state index is 13.8. The van der Waals surface area contributed by atoms with Crippen molar-refractivity contribution in [2.24, 2.45) is 4.99 Å². The molecule has 3 aromatic rings. The molecule has 182 valence electrons. The number of hydrogen-bond donors (Lipinski definition) is 0. The van der Waals surface area contributed by atoms with Gasteiger partial charge in [-0.1, -0.05) is 11.3 Å². The molecule has 2 aromatic carbocycles. The van der Waals surface area contributed by atoms with Gasteiger partial charge in [0.05, 0.1) is 36.6 Å². The Morgan fingerprint density at radius 3 is 2.18 bits per heavy atom. The van der Waals surface area contributed by atoms with Crippen LogP contribution >= 0.6 is 11.3 Å². The maximum absolute atomic E-state index is 13.8. The zero-order valence-corrected chi connectivity index (χ0v) is 20.4. The minimum Gasteiger partial charge on any atom is -0.490 e. The molecule has 0 saturated carbocycles. The lowest BCUT2D eigenvalue weighted by Crippen LogP contribution is -2.23. The quantitative estimate of drug-likeness (QED) is 0.393. The Hall–Kier alpha value is -3.40. The van der Waals surface area contributed by atoms with Crippen molar-refractivity contribution in [3.8, 4) is 17.2 Å². The Morgan fingerprint density at radius 2 is 1.59 bits per heavy atom. The van der Waals surface area contributed by atoms with Crippen LogP contribution in [-0.2, 0) is 16.1 Å². The van der Waals surface area contributed by atoms with Gasteiger partial charge in [0.2, 0.25) is 5.75 Å². The third kappa shape index (κ3) is 5.74. The number of hydrogen-bond acceptors (Lipinski definition) is 7. The van der Waals surface area contributed by atoms with Gasteiger partial charge in [-0.3, -0.25) is 9.59 Å². The fourth-order valence-corrected chi connectivity index (χ4v) is 4.34. The van der Waals surface area contributed by atoms with E-state index in [-0.39, 0.29) is 23.5 Å². The van der Waals surface area contributed by atoms with E-state index in [1.54, 1.807) is 25.1 Å². The van der Waals surface area contributed by atoms with Crippen molar-refractivity contribution in [1.29, 1.82) is 0 Å². The smallest absolute Gasteiger partial charge is 0.326 e. The van der Waals surface area contributed by atoms with Gasteiger partial charge in [0.25, 0.3) is 5.91 Å². The summed E-state index contributed by atoms with van der Waals surface area (Å²) < 4.78 is 38.0. The third-order valence-corrected chi connectivity index (χ3v) is 5.63. The summed E-state index contributed by atoms with van der Waals surface area (Å²) in [5.41, 5.74) is 0.796. The number of halogens is 1. The average molecular weight is 491 g/mol. The van der Waals surface area contributed by atoms with Crippen molar-refractivity contribution in [2.45, 2.75) is 34.2 Å². The van der Waals surface area contributed by atoms with E-state index in [9.17, 15) is 14.0 Å². The minimum absolute atomic E-state index is 0.163. The zero-order valence-electron chi connectivity index (χ0n) is 19.6. The summed E-state index contributed by atoms with van der Waals surface area (Å²) >= 11 is 1.10. The van der Waals surface area contributed by atoms with Crippen LogP contribution in [0.2, 0.25) is 0 Å². The molecule has 1 heterocycles. The summed E-state index contributed by atoms with van der Waals surface area (Å²) in [6, 6.07) is 7.26. The normalized spacial score (nSPS) is 11.5. The molecular formula is C24H27FN2O6S. The first-order valence-electron chi connectivity index (χ1n) is 11.0. The molecule has 0 N–H and O–H groups in total. The van der Waals surface area contributed by atoms with E-state index in [1.807, 2.05) is 20.8 Å². The highest BCUT2D eigenvalue weighted by Crippen LogP contribution is 2.39. The SMILES string of the molecule is CCOC(=O)Cn1c(=NC(=O)c2cc(OCC)c(OCC)c(OCC)c2)sc2cc(F)ccc21. The van der Waals surface area contributed by atoms with Crippen LogP contribution in [0, 0.1) is 5.82 Å². The number of esters is 1. The number of carbonyl (C=O) groups excluding carboxylic acids is 2. The van der Waals surface area contributed by atoms with E-state index in [4.69, 9.17) is 18.9 Å². The molecule has 0 saturated heterocycles. The predicted molar refractivity (Wildman–Crippen MR) is 126 cm³/mol. The lowest BCUT2D eigenvalue weighted by molar-refractivity contribution is -0.143. The van der Waals surface area contributed by atoms with Crippen LogP contribution in [0.4, 0.5) is 4.39 Å². The first-order valence-corrected chi connectivity index (χ1v) is 11.8. The van der Waals surface area contributed by atoms with Gasteiger partial charge in [0.1, 0.15) is 12.4 Å². The van der Waals surface area contributed by atoms with Gasteiger partial charge in [0, 0.05) is 5.56 Å². The van der Waals surface area contributed by atoms with Crippen molar-refractivity contribution >= 4 is 33.4 Å². The van der Waals surface area contributed by atoms with Gasteiger partial charge in [-0.25, -0.2) is 4.39 Å². The van der Waals surface area contributed by atoms with Gasteiger partial charge in [-0.05, 0) is 58.0 Å². The Kier molecular flexibility index (Phi) is 8.64. The molecular weight excluding hydrogens is 463 g/mol. The van der Waals surface area contributed by atoms with E-state index in [2.05, 4.69) is 4.99 Å². The Bertz CT molecular complexity index is 1220. The fraction of sp³-hybridized carbons (Fsp3) is 0.375. The molecule has 1 aromatic heterocycles. The molecule has 3 rings (SSSR count). The molecule has 8 nitrogen and oxygen atoms in total. The first kappa shape index (κ1) is 25.2. The van der Waals surface area contributed by atoms with Gasteiger partial charge in [0.15, 0.2) is 16.3 Å². The van der Waals surface area contributed by atoms with Crippen LogP contribution in [-0.4, -0.2) is 42.9 Å². The molecule has 0 radical (unpaired) electrons. The number of benzene rings is 2. The predicted octanol–water partition coefficient (Wildman–Crippen LogP) is 4.34. The molecule has 0 bridgehead atoms. The van der Waals surface area contributed by atoms with E-state index in [0.717, 1.165) is 11.3 Å². The number of amides is 1. The molecule has 0 atom stereocenters. The molecule has 1 amide bonds. The number of ether oxygens (including phenoxy) is 4. The number of thiazole rings is 1. The van der Waals surface area contributed by atoms with E-state index in [1.165, 1.54) is 16.7 Å². The van der Waals surface area contributed by atoms with Crippen LogP contribution in [0.5, 0.6) is 17.2 Å². The summed E-state index contributed by atoms with van der Waals surface area (Å²) in [7, 11) is 0. The van der Waals surface area contributed by atoms with Gasteiger partial charge >= 0.3 is 5.97 Å². The van der Waals surface area contributed by atoms with Crippen LogP contribution in [0.3, 0.4) is 0 Å². The molecule has 0 aliphatic rings. The maximum Gasteiger partial charge on any atom is 0.326 e. The highest BCUT2D eigenvalue weighted by atomic mass is 32.1. The molecule has 0 fully saturated rings. The number of fused-ring (bicyclic) bond motifs is 1. The summed E-state index contributed by atoms with van der Waals surface area (Å²) in [4.78, 5) is 29.9. The summed E-state index contributed by atoms with van der Waals surface area (Å²) in [5, 5.41) is 0. The van der Waals surface area contributed by atoms with E-state index in [0.29, 0.717) is 47.3 Å². The second kappa shape index (κ2) is 11.6. The standard InChI is InChI=1S/C24H27FN2O6S/c1-5-30-18-11-15(12-19(31-6-2)22(18)33-8-4)23(29)26-24-27(14-21(28)32-7-3)17-10-9-16(25)13-20(17)34-24/h9-13H,5-8,14H2,1-4H3. The highest BCUT2D eigenvalue weighted by Gasteiger charge is 2.19. The molecule has 0 spiro atoms. The third-order valence-electron chi connectivity index (χ3n) is 4.59. The van der Waals surface area contributed by atoms with Crippen molar-refractivity contribution in [3.05, 3.63) is 46.5 Å². The first-order chi connectivity index (χ1) is 16.4. The summed E-state index contributed by atoms with van der Waals surface area (Å²) in [6.07, 6.45) is 0. The Balaban J connectivity index is 2.13. The van der Waals surface area contributed by atoms with Crippen molar-refractivity contribution in [2.75, 3.05) is 26.4 Å². The number of nitrogens with zero attached hydrogens (tertiary/aromatic N) is 2. The summed E-state index contributed by atoms with van der Waals surface area (Å²) in [6.45, 7) is 8.36. The van der Waals surface area contributed by atoms with Gasteiger partial charge < -0.3 is 23.5 Å². The largest absolute Gasteiger partial charge is 0.490 e. The average Bonchev–Trinajstić information content (AvgIpc) is 3.11. The Morgan fingerprint density at radius 1 is 0.941 bits per heavy atom. The topological polar surface area (TPSA) is 88.4 Å². The molecule has 10 heteroatoms. The monoisotopic (exact) mass is 490 g/mol. The lowest BCUT2D eigenvalue weighted by Gasteiger charge is -2.16. The van der Waals surface area contributed by atoms with Gasteiger partial charge in [-0.15, -0.1) is 0 Å². The van der Waals surface area contributed by atoms with Gasteiger partial charge in [-0.2, -0.15) is 4.99 Å². The Labute approximate surface area is 200 Å².